The molecule has 0 heterocycles. The maximum absolute atomic E-state index is 10.6. The van der Waals surface area contributed by atoms with Crippen LogP contribution in [0, 0.1) is 0 Å². The first kappa shape index (κ1) is 13.5. The van der Waals surface area contributed by atoms with Crippen molar-refractivity contribution in [3.63, 3.8) is 0 Å². The predicted molar refractivity (Wildman–Crippen MR) is 52.1 cm³/mol. The molecule has 0 saturated heterocycles. The molecule has 0 fully saturated rings. The molecule has 1 radical (unpaired) electrons. The third-order valence-corrected chi connectivity index (χ3v) is 2.28. The Bertz CT molecular complexity index is 380. The van der Waals surface area contributed by atoms with Crippen LogP contribution in [0.4, 0.5) is 0 Å². The summed E-state index contributed by atoms with van der Waals surface area (Å²) in [6, 6.07) is 5.78. The molecule has 0 spiro atoms. The molecule has 0 bridgehead atoms. The zero-order valence-electron chi connectivity index (χ0n) is 7.27. The minimum absolute atomic E-state index is 0. The van der Waals surface area contributed by atoms with Crippen molar-refractivity contribution in [2.45, 2.75) is 4.90 Å². The molecule has 13 heavy (non-hydrogen) atoms. The van der Waals surface area contributed by atoms with Crippen molar-refractivity contribution in [1.29, 1.82) is 0 Å². The summed E-state index contributed by atoms with van der Waals surface area (Å²) < 4.78 is 29.7. The van der Waals surface area contributed by atoms with E-state index in [-0.39, 0.29) is 56.3 Å². The van der Waals surface area contributed by atoms with Crippen molar-refractivity contribution >= 4 is 67.6 Å². The van der Waals surface area contributed by atoms with Crippen LogP contribution in [-0.4, -0.2) is 64.4 Å². The van der Waals surface area contributed by atoms with Gasteiger partial charge in [0.05, 0.1) is 4.90 Å². The summed E-state index contributed by atoms with van der Waals surface area (Å²) in [7, 11) is -4.06. The van der Waals surface area contributed by atoms with Crippen molar-refractivity contribution in [2.24, 2.45) is 0 Å². The van der Waals surface area contributed by atoms with Crippen LogP contribution in [-0.2, 0) is 10.1 Å². The molecular weight excluding hydrogens is 215 g/mol. The second-order valence-electron chi connectivity index (χ2n) is 2.25. The van der Waals surface area contributed by atoms with Crippen LogP contribution < -0.4 is 0 Å². The van der Waals surface area contributed by atoms with Gasteiger partial charge < -0.3 is 0 Å². The van der Waals surface area contributed by atoms with Gasteiger partial charge in [-0.25, -0.2) is 0 Å². The Balaban J connectivity index is 0.00000144. The monoisotopic (exact) mass is 223 g/mol. The van der Waals surface area contributed by atoms with Crippen LogP contribution in [0.15, 0.2) is 35.7 Å². The van der Waals surface area contributed by atoms with Crippen molar-refractivity contribution in [2.75, 3.05) is 0 Å². The molecule has 0 aliphatic carbocycles. The molecule has 65 valence electrons. The smallest absolute Gasteiger partial charge is 0.282 e. The molecule has 0 atom stereocenters. The summed E-state index contributed by atoms with van der Waals surface area (Å²) in [5, 5.41) is 0. The minimum Gasteiger partial charge on any atom is -0.282 e. The number of benzene rings is 1. The largest absolute Gasteiger partial charge is 0.294 e. The molecule has 0 amide bonds. The van der Waals surface area contributed by atoms with E-state index < -0.39 is 10.1 Å². The molecule has 0 unspecified atom stereocenters. The second-order valence-corrected chi connectivity index (χ2v) is 3.67. The van der Waals surface area contributed by atoms with Gasteiger partial charge in [0, 0.05) is 51.4 Å². The number of hydrogen-bond donors (Lipinski definition) is 1. The number of rotatable bonds is 2. The van der Waals surface area contributed by atoms with Gasteiger partial charge in [-0.15, -0.1) is 0 Å². The Morgan fingerprint density at radius 3 is 2.00 bits per heavy atom. The summed E-state index contributed by atoms with van der Waals surface area (Å²) in [4.78, 5) is -0.104. The second kappa shape index (κ2) is 5.40. The summed E-state index contributed by atoms with van der Waals surface area (Å²) in [6.45, 7) is 3.51. The van der Waals surface area contributed by atoms with Crippen LogP contribution in [0.2, 0.25) is 0 Å². The van der Waals surface area contributed by atoms with Gasteiger partial charge in [0.25, 0.3) is 10.1 Å². The fourth-order valence-electron chi connectivity index (χ4n) is 0.776. The van der Waals surface area contributed by atoms with E-state index in [1.54, 1.807) is 18.2 Å². The van der Waals surface area contributed by atoms with Crippen molar-refractivity contribution in [1.82, 2.24) is 0 Å². The van der Waals surface area contributed by atoms with Crippen LogP contribution >= 0.6 is 0 Å². The maximum atomic E-state index is 10.6. The molecule has 3 nitrogen and oxygen atoms in total. The molecule has 0 aliphatic rings. The standard InChI is InChI=1S/C8H8O3S.K/c1-2-7-3-5-8(6-4-7)12(9,10)11;/h2-6H,1H2,(H,9,10,11);. The maximum Gasteiger partial charge on any atom is 0.294 e. The van der Waals surface area contributed by atoms with E-state index in [2.05, 4.69) is 6.58 Å². The van der Waals surface area contributed by atoms with Crippen LogP contribution in [0.5, 0.6) is 0 Å². The van der Waals surface area contributed by atoms with Gasteiger partial charge in [-0.1, -0.05) is 24.8 Å². The van der Waals surface area contributed by atoms with Crippen molar-refractivity contribution in [3.8, 4) is 0 Å². The van der Waals surface area contributed by atoms with Gasteiger partial charge in [-0.2, -0.15) is 8.42 Å². The number of hydrogen-bond acceptors (Lipinski definition) is 2. The summed E-state index contributed by atoms with van der Waals surface area (Å²) in [5.41, 5.74) is 0.808. The van der Waals surface area contributed by atoms with Crippen molar-refractivity contribution in [3.05, 3.63) is 36.4 Å². The van der Waals surface area contributed by atoms with Crippen LogP contribution in [0.25, 0.3) is 6.08 Å². The summed E-state index contributed by atoms with van der Waals surface area (Å²) in [5.74, 6) is 0. The Hall–Kier alpha value is 0.506. The Kier molecular flexibility index (Phi) is 5.61. The third kappa shape index (κ3) is 4.03. The molecule has 1 aromatic carbocycles. The Morgan fingerprint density at radius 2 is 1.69 bits per heavy atom. The van der Waals surface area contributed by atoms with E-state index in [0.29, 0.717) is 0 Å². The first-order valence-corrected chi connectivity index (χ1v) is 4.68. The van der Waals surface area contributed by atoms with Crippen LogP contribution in [0.1, 0.15) is 5.56 Å². The third-order valence-electron chi connectivity index (χ3n) is 1.41. The SMILES string of the molecule is C=Cc1ccc(S(=O)(=O)O)cc1.[K]. The fourth-order valence-corrected chi connectivity index (χ4v) is 1.26. The minimum atomic E-state index is -4.06. The average molecular weight is 223 g/mol. The molecule has 1 N–H and O–H groups in total. The first-order chi connectivity index (χ1) is 5.54. The average Bonchev–Trinajstić information content (AvgIpc) is 2.03. The summed E-state index contributed by atoms with van der Waals surface area (Å²) >= 11 is 0. The van der Waals surface area contributed by atoms with E-state index in [0.717, 1.165) is 5.56 Å². The van der Waals surface area contributed by atoms with Gasteiger partial charge in [0.15, 0.2) is 0 Å². The Morgan fingerprint density at radius 1 is 1.23 bits per heavy atom. The zero-order chi connectivity index (χ0) is 9.19. The van der Waals surface area contributed by atoms with Crippen LogP contribution in [0.3, 0.4) is 0 Å². The molecule has 0 saturated carbocycles. The predicted octanol–water partition coefficient (Wildman–Crippen LogP) is 1.20. The molecule has 0 aromatic heterocycles. The van der Waals surface area contributed by atoms with E-state index >= 15 is 0 Å². The summed E-state index contributed by atoms with van der Waals surface area (Å²) in [6.07, 6.45) is 1.59. The van der Waals surface area contributed by atoms with Crippen molar-refractivity contribution < 1.29 is 13.0 Å². The zero-order valence-corrected chi connectivity index (χ0v) is 11.2. The quantitative estimate of drug-likeness (QED) is 0.605. The molecule has 0 aliphatic heterocycles. The van der Waals surface area contributed by atoms with Gasteiger partial charge in [-0.05, 0) is 17.7 Å². The fraction of sp³-hybridized carbons (Fsp3) is 0. The molecule has 1 rings (SSSR count). The Labute approximate surface area is 120 Å². The molecule has 5 heteroatoms. The van der Waals surface area contributed by atoms with Gasteiger partial charge in [-0.3, -0.25) is 4.55 Å². The van der Waals surface area contributed by atoms with E-state index in [1.807, 2.05) is 0 Å². The first-order valence-electron chi connectivity index (χ1n) is 3.24. The molecular formula is C8H8KO3S. The van der Waals surface area contributed by atoms with Gasteiger partial charge >= 0.3 is 0 Å². The van der Waals surface area contributed by atoms with E-state index in [4.69, 9.17) is 4.55 Å². The van der Waals surface area contributed by atoms with Gasteiger partial charge in [0.2, 0.25) is 0 Å². The van der Waals surface area contributed by atoms with Gasteiger partial charge in [0.1, 0.15) is 0 Å². The normalized spacial score (nSPS) is 10.2. The van der Waals surface area contributed by atoms with E-state index in [9.17, 15) is 8.42 Å². The molecule has 1 aromatic rings. The van der Waals surface area contributed by atoms with E-state index in [1.165, 1.54) is 12.1 Å². The topological polar surface area (TPSA) is 54.4 Å².